The number of amides is 1. The molecule has 2 aromatic heterocycles. The number of nitrogens with two attached hydrogens (primary N) is 1. The molecule has 0 spiro atoms. The second-order valence-electron chi connectivity index (χ2n) is 7.33. The van der Waals surface area contributed by atoms with E-state index in [-0.39, 0.29) is 30.4 Å². The average Bonchev–Trinajstić information content (AvgIpc) is 3.19. The van der Waals surface area contributed by atoms with Gasteiger partial charge in [0.25, 0.3) is 5.56 Å². The minimum Gasteiger partial charge on any atom is -0.383 e. The molecule has 0 bridgehead atoms. The monoisotopic (exact) mass is 441 g/mol. The van der Waals surface area contributed by atoms with E-state index in [2.05, 4.69) is 9.97 Å². The smallest absolute Gasteiger partial charge is 0.330 e. The first kappa shape index (κ1) is 22.5. The first-order valence-electron chi connectivity index (χ1n) is 10.3. The van der Waals surface area contributed by atoms with Crippen LogP contribution in [-0.2, 0) is 17.8 Å². The van der Waals surface area contributed by atoms with Crippen LogP contribution in [0.25, 0.3) is 10.6 Å². The highest BCUT2D eigenvalue weighted by Gasteiger charge is 2.23. The summed E-state index contributed by atoms with van der Waals surface area (Å²) in [6.45, 7) is 6.39. The Balaban J connectivity index is 1.88. The van der Waals surface area contributed by atoms with Crippen LogP contribution in [0.2, 0.25) is 0 Å². The van der Waals surface area contributed by atoms with Gasteiger partial charge in [0, 0.05) is 24.0 Å². The molecule has 0 atom stereocenters. The minimum absolute atomic E-state index is 0.0103. The van der Waals surface area contributed by atoms with Gasteiger partial charge in [0.05, 0.1) is 12.1 Å². The molecule has 0 aliphatic heterocycles. The number of thiazole rings is 1. The number of aromatic nitrogens is 3. The number of benzene rings is 1. The Morgan fingerprint density at radius 1 is 1.29 bits per heavy atom. The Hall–Kier alpha value is -3.20. The number of likely N-dealkylation sites (N-methyl/N-ethyl adjacent to an activating group) is 1. The summed E-state index contributed by atoms with van der Waals surface area (Å²) in [5.74, 6) is -0.294. The lowest BCUT2D eigenvalue weighted by Gasteiger charge is -2.23. The third kappa shape index (κ3) is 4.93. The van der Waals surface area contributed by atoms with Crippen LogP contribution in [0.5, 0.6) is 0 Å². The van der Waals surface area contributed by atoms with Gasteiger partial charge in [-0.15, -0.1) is 11.3 Å². The number of hydrogen-bond donors (Lipinski definition) is 2. The molecule has 9 heteroatoms. The highest BCUT2D eigenvalue weighted by molar-refractivity contribution is 7.13. The minimum atomic E-state index is -0.663. The fourth-order valence-electron chi connectivity index (χ4n) is 3.38. The summed E-state index contributed by atoms with van der Waals surface area (Å²) >= 11 is 1.47. The number of rotatable bonds is 8. The quantitative estimate of drug-likeness (QED) is 0.558. The van der Waals surface area contributed by atoms with Gasteiger partial charge in [0.1, 0.15) is 10.8 Å². The summed E-state index contributed by atoms with van der Waals surface area (Å²) in [5, 5.41) is 2.68. The van der Waals surface area contributed by atoms with Crippen LogP contribution in [-0.4, -0.2) is 27.0 Å². The zero-order chi connectivity index (χ0) is 22.5. The van der Waals surface area contributed by atoms with Gasteiger partial charge in [0.2, 0.25) is 5.91 Å². The van der Waals surface area contributed by atoms with Crippen molar-refractivity contribution in [3.05, 3.63) is 61.7 Å². The van der Waals surface area contributed by atoms with E-state index in [0.717, 1.165) is 29.0 Å². The molecule has 3 aromatic rings. The third-order valence-corrected chi connectivity index (χ3v) is 5.93. The van der Waals surface area contributed by atoms with E-state index < -0.39 is 11.2 Å². The molecule has 0 aliphatic rings. The van der Waals surface area contributed by atoms with Crippen LogP contribution < -0.4 is 21.9 Å². The number of aryl methyl sites for hydroxylation is 1. The van der Waals surface area contributed by atoms with Crippen molar-refractivity contribution in [1.29, 1.82) is 0 Å². The Labute approximate surface area is 184 Å². The van der Waals surface area contributed by atoms with Gasteiger partial charge in [-0.3, -0.25) is 19.1 Å². The summed E-state index contributed by atoms with van der Waals surface area (Å²) < 4.78 is 1.31. The Morgan fingerprint density at radius 3 is 2.74 bits per heavy atom. The fraction of sp³-hybridized carbons (Fsp3) is 0.364. The summed E-state index contributed by atoms with van der Waals surface area (Å²) in [4.78, 5) is 45.9. The molecule has 2 heterocycles. The molecule has 3 rings (SSSR count). The van der Waals surface area contributed by atoms with Crippen molar-refractivity contribution in [2.24, 2.45) is 0 Å². The molecule has 3 N–H and O–H groups in total. The third-order valence-electron chi connectivity index (χ3n) is 4.99. The van der Waals surface area contributed by atoms with Crippen molar-refractivity contribution >= 4 is 28.7 Å². The highest BCUT2D eigenvalue weighted by Crippen LogP contribution is 2.25. The Morgan fingerprint density at radius 2 is 2.06 bits per heavy atom. The van der Waals surface area contributed by atoms with E-state index in [0.29, 0.717) is 12.2 Å². The lowest BCUT2D eigenvalue weighted by molar-refractivity contribution is -0.118. The van der Waals surface area contributed by atoms with E-state index >= 15 is 0 Å². The summed E-state index contributed by atoms with van der Waals surface area (Å²) in [5.41, 5.74) is 7.71. The normalized spacial score (nSPS) is 10.9. The summed E-state index contributed by atoms with van der Waals surface area (Å²) in [6.07, 6.45) is 1.63. The van der Waals surface area contributed by atoms with E-state index in [9.17, 15) is 14.4 Å². The molecule has 0 aliphatic carbocycles. The number of carbonyl (C=O) groups excluding carboxylic acids is 1. The van der Waals surface area contributed by atoms with Crippen LogP contribution in [0.4, 0.5) is 11.5 Å². The predicted octanol–water partition coefficient (Wildman–Crippen LogP) is 2.95. The lowest BCUT2D eigenvalue weighted by atomic mass is 10.1. The number of hydrogen-bond acceptors (Lipinski definition) is 6. The standard InChI is InChI=1S/C22H27N5O3S/c1-4-6-10-27-19(23)18(20(29)25-22(27)30)26(5-2)17(28)12-16-13-31-21(24-16)15-9-7-8-14(3)11-15/h7-9,11,13H,4-6,10,12,23H2,1-3H3,(H,25,29,30). The van der Waals surface area contributed by atoms with E-state index in [1.807, 2.05) is 43.5 Å². The van der Waals surface area contributed by atoms with Crippen molar-refractivity contribution in [2.75, 3.05) is 17.2 Å². The summed E-state index contributed by atoms with van der Waals surface area (Å²) in [6, 6.07) is 8.01. The van der Waals surface area contributed by atoms with Crippen molar-refractivity contribution in [2.45, 2.75) is 46.6 Å². The molecule has 0 saturated carbocycles. The van der Waals surface area contributed by atoms with E-state index in [1.165, 1.54) is 20.8 Å². The summed E-state index contributed by atoms with van der Waals surface area (Å²) in [7, 11) is 0. The number of nitrogens with zero attached hydrogens (tertiary/aromatic N) is 3. The van der Waals surface area contributed by atoms with Crippen molar-refractivity contribution in [1.82, 2.24) is 14.5 Å². The van der Waals surface area contributed by atoms with Crippen LogP contribution in [0.15, 0.2) is 39.2 Å². The first-order valence-corrected chi connectivity index (χ1v) is 11.2. The van der Waals surface area contributed by atoms with Crippen LogP contribution in [0.3, 0.4) is 0 Å². The van der Waals surface area contributed by atoms with Gasteiger partial charge in [0.15, 0.2) is 5.69 Å². The number of aromatic amines is 1. The Kier molecular flexibility index (Phi) is 7.06. The first-order chi connectivity index (χ1) is 14.8. The van der Waals surface area contributed by atoms with E-state index in [1.54, 1.807) is 6.92 Å². The van der Waals surface area contributed by atoms with Gasteiger partial charge in [-0.25, -0.2) is 9.78 Å². The number of unbranched alkanes of at least 4 members (excludes halogenated alkanes) is 1. The number of H-pyrrole nitrogens is 1. The number of carbonyl (C=O) groups is 1. The second kappa shape index (κ2) is 9.74. The second-order valence-corrected chi connectivity index (χ2v) is 8.18. The topological polar surface area (TPSA) is 114 Å². The van der Waals surface area contributed by atoms with E-state index in [4.69, 9.17) is 5.73 Å². The van der Waals surface area contributed by atoms with Crippen molar-refractivity contribution < 1.29 is 4.79 Å². The molecule has 0 saturated heterocycles. The number of nitrogen functional groups attached to an aromatic ring is 1. The molecule has 1 aromatic carbocycles. The largest absolute Gasteiger partial charge is 0.383 e. The SMILES string of the molecule is CCCCn1c(N)c(N(CC)C(=O)Cc2csc(-c3cccc(C)c3)n2)c(=O)[nH]c1=O. The maximum absolute atomic E-state index is 13.1. The molecule has 0 radical (unpaired) electrons. The highest BCUT2D eigenvalue weighted by atomic mass is 32.1. The Bertz CT molecular complexity index is 1190. The van der Waals surface area contributed by atoms with Crippen molar-refractivity contribution in [3.8, 4) is 10.6 Å². The maximum atomic E-state index is 13.1. The van der Waals surface area contributed by atoms with Gasteiger partial charge in [-0.05, 0) is 26.3 Å². The average molecular weight is 442 g/mol. The molecule has 0 unspecified atom stereocenters. The number of nitrogens with one attached hydrogen (secondary N) is 1. The lowest BCUT2D eigenvalue weighted by Crippen LogP contribution is -2.41. The van der Waals surface area contributed by atoms with Crippen LogP contribution in [0, 0.1) is 6.92 Å². The number of anilines is 2. The fourth-order valence-corrected chi connectivity index (χ4v) is 4.20. The van der Waals surface area contributed by atoms with Crippen LogP contribution >= 0.6 is 11.3 Å². The zero-order valence-corrected chi connectivity index (χ0v) is 18.8. The molecule has 0 fully saturated rings. The molecule has 164 valence electrons. The van der Waals surface area contributed by atoms with Crippen molar-refractivity contribution in [3.63, 3.8) is 0 Å². The van der Waals surface area contributed by atoms with Gasteiger partial charge in [-0.2, -0.15) is 0 Å². The van der Waals surface area contributed by atoms with Gasteiger partial charge >= 0.3 is 5.69 Å². The molecular formula is C22H27N5O3S. The zero-order valence-electron chi connectivity index (χ0n) is 18.0. The predicted molar refractivity (Wildman–Crippen MR) is 125 cm³/mol. The van der Waals surface area contributed by atoms with Gasteiger partial charge in [-0.1, -0.05) is 37.1 Å². The van der Waals surface area contributed by atoms with Gasteiger partial charge < -0.3 is 10.6 Å². The maximum Gasteiger partial charge on any atom is 0.330 e. The molecule has 31 heavy (non-hydrogen) atoms. The molecular weight excluding hydrogens is 414 g/mol. The molecule has 1 amide bonds. The van der Waals surface area contributed by atoms with Crippen LogP contribution in [0.1, 0.15) is 37.9 Å². The molecule has 8 nitrogen and oxygen atoms in total.